The summed E-state index contributed by atoms with van der Waals surface area (Å²) in [5.74, 6) is 0. The Kier molecular flexibility index (Phi) is 8.16. The fraction of sp³-hybridized carbons (Fsp3) is 0.217. The van der Waals surface area contributed by atoms with Crippen molar-refractivity contribution in [2.75, 3.05) is 18.9 Å². The zero-order valence-corrected chi connectivity index (χ0v) is 19.8. The van der Waals surface area contributed by atoms with Crippen molar-refractivity contribution in [2.24, 2.45) is 0 Å². The predicted molar refractivity (Wildman–Crippen MR) is 126 cm³/mol. The van der Waals surface area contributed by atoms with Crippen LogP contribution >= 0.6 is 23.2 Å². The topological polar surface area (TPSA) is 84.9 Å². The number of methoxy groups -OCH3 is 2. The summed E-state index contributed by atoms with van der Waals surface area (Å²) in [6.07, 6.45) is -1.19. The van der Waals surface area contributed by atoms with Crippen LogP contribution in [0.4, 0.5) is 5.69 Å². The number of sulfonamides is 1. The molecule has 0 spiro atoms. The van der Waals surface area contributed by atoms with Crippen molar-refractivity contribution in [1.29, 1.82) is 0 Å². The van der Waals surface area contributed by atoms with Gasteiger partial charge in [-0.05, 0) is 47.5 Å². The predicted octanol–water partition coefficient (Wildman–Crippen LogP) is 5.17. The Labute approximate surface area is 197 Å². The number of halogens is 2. The number of aliphatic hydroxyl groups is 1. The van der Waals surface area contributed by atoms with Gasteiger partial charge in [0.25, 0.3) is 10.0 Å². The van der Waals surface area contributed by atoms with Crippen molar-refractivity contribution < 1.29 is 23.0 Å². The highest BCUT2D eigenvalue weighted by molar-refractivity contribution is 7.92. The summed E-state index contributed by atoms with van der Waals surface area (Å²) in [6.45, 7) is 0.567. The van der Waals surface area contributed by atoms with Crippen LogP contribution in [0.25, 0.3) is 0 Å². The highest BCUT2D eigenvalue weighted by Crippen LogP contribution is 2.35. The maximum Gasteiger partial charge on any atom is 0.261 e. The molecular formula is C23H23Cl2NO5S. The van der Waals surface area contributed by atoms with E-state index in [0.29, 0.717) is 27.8 Å². The average molecular weight is 496 g/mol. The van der Waals surface area contributed by atoms with Gasteiger partial charge < -0.3 is 14.6 Å². The van der Waals surface area contributed by atoms with E-state index in [1.165, 1.54) is 25.3 Å². The van der Waals surface area contributed by atoms with E-state index in [1.54, 1.807) is 49.6 Å². The third-order valence-electron chi connectivity index (χ3n) is 4.84. The molecule has 0 saturated heterocycles. The first-order chi connectivity index (χ1) is 15.3. The second kappa shape index (κ2) is 10.7. The lowest BCUT2D eigenvalue weighted by Crippen LogP contribution is -2.16. The molecule has 3 rings (SSSR count). The molecule has 6 nitrogen and oxygen atoms in total. The van der Waals surface area contributed by atoms with Crippen LogP contribution in [0.15, 0.2) is 65.6 Å². The molecular weight excluding hydrogens is 473 g/mol. The molecule has 0 aliphatic heterocycles. The van der Waals surface area contributed by atoms with E-state index < -0.39 is 16.1 Å². The normalized spacial score (nSPS) is 12.5. The van der Waals surface area contributed by atoms with Gasteiger partial charge in [-0.2, -0.15) is 0 Å². The summed E-state index contributed by atoms with van der Waals surface area (Å²) >= 11 is 12.4. The molecule has 0 amide bonds. The second-order valence-corrected chi connectivity index (χ2v) is 9.58. The third kappa shape index (κ3) is 5.61. The minimum absolute atomic E-state index is 0.0533. The highest BCUT2D eigenvalue weighted by atomic mass is 35.5. The molecule has 3 aromatic carbocycles. The number of hydrogen-bond acceptors (Lipinski definition) is 5. The van der Waals surface area contributed by atoms with Gasteiger partial charge in [-0.3, -0.25) is 4.72 Å². The molecule has 1 atom stereocenters. The van der Waals surface area contributed by atoms with Crippen LogP contribution in [0.1, 0.15) is 28.4 Å². The largest absolute Gasteiger partial charge is 0.384 e. The lowest BCUT2D eigenvalue weighted by molar-refractivity contribution is 0.168. The highest BCUT2D eigenvalue weighted by Gasteiger charge is 2.22. The molecule has 0 radical (unpaired) electrons. The number of nitrogens with one attached hydrogen (secondary N) is 1. The average Bonchev–Trinajstić information content (AvgIpc) is 2.76. The summed E-state index contributed by atoms with van der Waals surface area (Å²) in [5, 5.41) is 11.6. The van der Waals surface area contributed by atoms with Gasteiger partial charge in [0, 0.05) is 35.4 Å². The standard InChI is InChI=1S/C23H23Cl2NO5S/c1-30-13-15-7-9-18(11-16(15)14-31-2)32(28,29)26-22-10-8-17(24)12-20(22)23(27)19-5-3-4-6-21(19)25/h3-12,23,26-27H,13-14H2,1-2H3. The minimum atomic E-state index is -3.98. The summed E-state index contributed by atoms with van der Waals surface area (Å²) in [5.41, 5.74) is 2.43. The molecule has 170 valence electrons. The summed E-state index contributed by atoms with van der Waals surface area (Å²) in [4.78, 5) is 0.0533. The van der Waals surface area contributed by atoms with Gasteiger partial charge in [0.2, 0.25) is 0 Å². The first-order valence-electron chi connectivity index (χ1n) is 9.61. The van der Waals surface area contributed by atoms with E-state index in [0.717, 1.165) is 5.56 Å². The van der Waals surface area contributed by atoms with Gasteiger partial charge in [0.05, 0.1) is 23.8 Å². The maximum atomic E-state index is 13.2. The van der Waals surface area contributed by atoms with Crippen LogP contribution in [0.2, 0.25) is 10.0 Å². The Morgan fingerprint density at radius 3 is 2.28 bits per heavy atom. The number of aliphatic hydroxyl groups excluding tert-OH is 1. The lowest BCUT2D eigenvalue weighted by Gasteiger charge is -2.19. The van der Waals surface area contributed by atoms with Gasteiger partial charge >= 0.3 is 0 Å². The molecule has 9 heteroatoms. The molecule has 0 bridgehead atoms. The Hall–Kier alpha value is -2.13. The van der Waals surface area contributed by atoms with E-state index in [9.17, 15) is 13.5 Å². The smallest absolute Gasteiger partial charge is 0.261 e. The van der Waals surface area contributed by atoms with E-state index in [2.05, 4.69) is 4.72 Å². The first kappa shape index (κ1) is 24.5. The zero-order valence-electron chi connectivity index (χ0n) is 17.5. The maximum absolute atomic E-state index is 13.2. The van der Waals surface area contributed by atoms with Crippen LogP contribution in [0.5, 0.6) is 0 Å². The van der Waals surface area contributed by atoms with Gasteiger partial charge in [-0.25, -0.2) is 8.42 Å². The second-order valence-electron chi connectivity index (χ2n) is 7.06. The SMILES string of the molecule is COCc1ccc(S(=O)(=O)Nc2ccc(Cl)cc2C(O)c2ccccc2Cl)cc1COC. The van der Waals surface area contributed by atoms with Gasteiger partial charge in [-0.15, -0.1) is 0 Å². The fourth-order valence-corrected chi connectivity index (χ4v) is 4.83. The Morgan fingerprint density at radius 2 is 1.59 bits per heavy atom. The van der Waals surface area contributed by atoms with Crippen LogP contribution in [0, 0.1) is 0 Å². The van der Waals surface area contributed by atoms with Gasteiger partial charge in [0.1, 0.15) is 6.10 Å². The number of anilines is 1. The number of benzene rings is 3. The minimum Gasteiger partial charge on any atom is -0.384 e. The van der Waals surface area contributed by atoms with Crippen molar-refractivity contribution >= 4 is 38.9 Å². The Morgan fingerprint density at radius 1 is 0.906 bits per heavy atom. The number of hydrogen-bond donors (Lipinski definition) is 2. The number of ether oxygens (including phenoxy) is 2. The van der Waals surface area contributed by atoms with Crippen molar-refractivity contribution in [3.63, 3.8) is 0 Å². The summed E-state index contributed by atoms with van der Waals surface area (Å²) < 4.78 is 39.3. The molecule has 0 saturated carbocycles. The van der Waals surface area contributed by atoms with E-state index in [1.807, 2.05) is 0 Å². The van der Waals surface area contributed by atoms with E-state index in [4.69, 9.17) is 32.7 Å². The van der Waals surface area contributed by atoms with Crippen LogP contribution in [-0.2, 0) is 32.7 Å². The molecule has 1 unspecified atom stereocenters. The van der Waals surface area contributed by atoms with Crippen molar-refractivity contribution in [1.82, 2.24) is 0 Å². The molecule has 0 heterocycles. The quantitative estimate of drug-likeness (QED) is 0.427. The molecule has 3 aromatic rings. The van der Waals surface area contributed by atoms with Gasteiger partial charge in [0.15, 0.2) is 0 Å². The zero-order chi connectivity index (χ0) is 23.3. The number of rotatable bonds is 9. The van der Waals surface area contributed by atoms with Crippen molar-refractivity contribution in [3.05, 3.63) is 93.0 Å². The molecule has 2 N–H and O–H groups in total. The monoisotopic (exact) mass is 495 g/mol. The molecule has 32 heavy (non-hydrogen) atoms. The summed E-state index contributed by atoms with van der Waals surface area (Å²) in [7, 11) is -0.882. The Bertz CT molecular complexity index is 1200. The lowest BCUT2D eigenvalue weighted by atomic mass is 10.00. The van der Waals surface area contributed by atoms with Crippen LogP contribution < -0.4 is 4.72 Å². The molecule has 0 fully saturated rings. The van der Waals surface area contributed by atoms with Crippen LogP contribution in [0.3, 0.4) is 0 Å². The molecule has 0 aliphatic carbocycles. The van der Waals surface area contributed by atoms with E-state index >= 15 is 0 Å². The fourth-order valence-electron chi connectivity index (χ4n) is 3.28. The van der Waals surface area contributed by atoms with Crippen molar-refractivity contribution in [3.8, 4) is 0 Å². The van der Waals surface area contributed by atoms with Gasteiger partial charge in [-0.1, -0.05) is 47.5 Å². The van der Waals surface area contributed by atoms with E-state index in [-0.39, 0.29) is 22.8 Å². The van der Waals surface area contributed by atoms with Crippen LogP contribution in [-0.4, -0.2) is 27.7 Å². The first-order valence-corrected chi connectivity index (χ1v) is 11.8. The van der Waals surface area contributed by atoms with Crippen molar-refractivity contribution in [2.45, 2.75) is 24.2 Å². The third-order valence-corrected chi connectivity index (χ3v) is 6.78. The molecule has 0 aliphatic rings. The summed E-state index contributed by atoms with van der Waals surface area (Å²) in [6, 6.07) is 16.1. The molecule has 0 aromatic heterocycles. The Balaban J connectivity index is 2.00.